The normalized spacial score (nSPS) is 10.5. The summed E-state index contributed by atoms with van der Waals surface area (Å²) in [4.78, 5) is 2.32. The number of nitrogens with one attached hydrogen (secondary N) is 1. The summed E-state index contributed by atoms with van der Waals surface area (Å²) in [6.45, 7) is 19.3. The summed E-state index contributed by atoms with van der Waals surface area (Å²) < 4.78 is 0. The van der Waals surface area contributed by atoms with Crippen LogP contribution in [0, 0.1) is 47.0 Å². The highest BCUT2D eigenvalue weighted by Crippen LogP contribution is 2.31. The Labute approximate surface area is 437 Å². The summed E-state index contributed by atoms with van der Waals surface area (Å²) >= 11 is 0. The fourth-order valence-corrected chi connectivity index (χ4v) is 7.72. The molecule has 72 heavy (non-hydrogen) atoms. The van der Waals surface area contributed by atoms with Crippen molar-refractivity contribution in [2.75, 3.05) is 18.5 Å². The molecular formula is C69H77N2P. The van der Waals surface area contributed by atoms with Gasteiger partial charge in [-0.1, -0.05) is 268 Å². The van der Waals surface area contributed by atoms with Crippen LogP contribution in [0.3, 0.4) is 0 Å². The number of likely N-dealkylation sites (N-methyl/N-ethyl adjacent to an activating group) is 1. The van der Waals surface area contributed by atoms with Gasteiger partial charge in [0.25, 0.3) is 0 Å². The van der Waals surface area contributed by atoms with E-state index in [0.29, 0.717) is 0 Å². The molecule has 3 heteroatoms. The van der Waals surface area contributed by atoms with Gasteiger partial charge in [0, 0.05) is 36.0 Å². The molecule has 368 valence electrons. The third-order valence-electron chi connectivity index (χ3n) is 10.9. The molecule has 0 spiro atoms. The largest absolute Gasteiger partial charge is 0.388 e. The van der Waals surface area contributed by atoms with Crippen LogP contribution in [-0.2, 0) is 0 Å². The number of anilines is 2. The van der Waals surface area contributed by atoms with Gasteiger partial charge in [-0.2, -0.15) is 0 Å². The topological polar surface area (TPSA) is 15.3 Å². The molecule has 0 bridgehead atoms. The summed E-state index contributed by atoms with van der Waals surface area (Å²) in [5.74, 6) is 2.52. The van der Waals surface area contributed by atoms with Crippen molar-refractivity contribution in [1.29, 1.82) is 0 Å². The number of hydrogen-bond donors (Lipinski definition) is 1. The first-order chi connectivity index (χ1) is 35.2. The molecule has 8 rings (SSSR count). The number of hydrogen-bond acceptors (Lipinski definition) is 2. The summed E-state index contributed by atoms with van der Waals surface area (Å²) in [5, 5.41) is 4.47. The third kappa shape index (κ3) is 20.7. The summed E-state index contributed by atoms with van der Waals surface area (Å²) in [5.41, 5.74) is 17.2. The van der Waals surface area contributed by atoms with Crippen LogP contribution in [0.25, 0.3) is 33.6 Å². The minimum absolute atomic E-state index is 0.718. The average molecular weight is 965 g/mol. The molecule has 0 saturated carbocycles. The van der Waals surface area contributed by atoms with E-state index in [4.69, 9.17) is 6.42 Å². The van der Waals surface area contributed by atoms with Gasteiger partial charge in [-0.3, -0.25) is 0 Å². The lowest BCUT2D eigenvalue weighted by atomic mass is 9.99. The molecule has 0 heterocycles. The molecular weight excluding hydrogens is 888 g/mol. The van der Waals surface area contributed by atoms with E-state index < -0.39 is 0 Å². The minimum atomic E-state index is 0.718. The predicted molar refractivity (Wildman–Crippen MR) is 325 cm³/mol. The molecule has 0 aliphatic heterocycles. The van der Waals surface area contributed by atoms with Crippen LogP contribution in [-0.4, -0.2) is 13.6 Å². The summed E-state index contributed by atoms with van der Waals surface area (Å²) in [7, 11) is 4.86. The van der Waals surface area contributed by atoms with Crippen molar-refractivity contribution in [3.8, 4) is 34.6 Å². The highest BCUT2D eigenvalue weighted by Gasteiger charge is 2.10. The standard InChI is InChI=1S/C37H35N2P.C14H14.2C7H8.2C2H6/c1-4-5-6-8-14-32-15-11-12-18-35(32)37(40)36(38-3)19-13-28-39(33-16-9-7-10-17-33)34-26-24-31(25-27-34)30-22-20-29(2)21-23-30;1-11-6-5-8-13(10-11)14-9-4-3-7-12(14)2;2*1-7-5-3-2-4-6-7;2*1-2/h1,5-27,38H,28,40H2,2-3H3;3-10H,1-2H3;2*2-6H,1H3;2*1-2H3/b6-5-,14-8-,19-13-,37-36+;;;;;. The number of allylic oxidation sites excluding steroid dienone is 4. The van der Waals surface area contributed by atoms with Crippen LogP contribution in [0.1, 0.15) is 66.6 Å². The van der Waals surface area contributed by atoms with E-state index in [2.05, 4.69) is 248 Å². The zero-order chi connectivity index (χ0) is 52.4. The minimum Gasteiger partial charge on any atom is -0.388 e. The molecule has 0 saturated heterocycles. The molecule has 8 aromatic carbocycles. The Hall–Kier alpha value is -7.69. The Morgan fingerprint density at radius 1 is 0.514 bits per heavy atom. The van der Waals surface area contributed by atoms with Crippen molar-refractivity contribution >= 4 is 32.0 Å². The van der Waals surface area contributed by atoms with Crippen LogP contribution in [0.2, 0.25) is 0 Å². The fourth-order valence-electron chi connectivity index (χ4n) is 7.21. The first-order valence-corrected chi connectivity index (χ1v) is 25.6. The molecule has 0 amide bonds. The second-order valence-electron chi connectivity index (χ2n) is 16.3. The lowest BCUT2D eigenvalue weighted by Crippen LogP contribution is -2.17. The number of rotatable bonds is 11. The van der Waals surface area contributed by atoms with E-state index in [1.807, 2.05) is 89.4 Å². The highest BCUT2D eigenvalue weighted by molar-refractivity contribution is 7.31. The zero-order valence-electron chi connectivity index (χ0n) is 44.5. The Kier molecular flexibility index (Phi) is 28.2. The van der Waals surface area contributed by atoms with Crippen molar-refractivity contribution in [2.45, 2.75) is 62.3 Å². The van der Waals surface area contributed by atoms with E-state index in [-0.39, 0.29) is 0 Å². The lowest BCUT2D eigenvalue weighted by molar-refractivity contribution is 1.03. The maximum absolute atomic E-state index is 5.32. The van der Waals surface area contributed by atoms with Crippen LogP contribution in [0.5, 0.6) is 0 Å². The highest BCUT2D eigenvalue weighted by atomic mass is 31.0. The molecule has 0 radical (unpaired) electrons. The second kappa shape index (κ2) is 34.6. The molecule has 8 aromatic rings. The summed E-state index contributed by atoms with van der Waals surface area (Å²) in [6, 6.07) is 73.9. The van der Waals surface area contributed by atoms with Crippen molar-refractivity contribution in [1.82, 2.24) is 5.32 Å². The summed E-state index contributed by atoms with van der Waals surface area (Å²) in [6.07, 6.45) is 17.3. The average Bonchev–Trinajstić information content (AvgIpc) is 3.43. The maximum Gasteiger partial charge on any atom is 0.0415 e. The van der Waals surface area contributed by atoms with Crippen molar-refractivity contribution in [3.63, 3.8) is 0 Å². The van der Waals surface area contributed by atoms with E-state index in [1.165, 1.54) is 50.1 Å². The van der Waals surface area contributed by atoms with Crippen molar-refractivity contribution in [3.05, 3.63) is 287 Å². The van der Waals surface area contributed by atoms with Gasteiger partial charge in [-0.15, -0.1) is 15.7 Å². The van der Waals surface area contributed by atoms with Crippen LogP contribution in [0.15, 0.2) is 248 Å². The lowest BCUT2D eigenvalue weighted by Gasteiger charge is -2.24. The van der Waals surface area contributed by atoms with Gasteiger partial charge >= 0.3 is 0 Å². The van der Waals surface area contributed by atoms with Crippen molar-refractivity contribution < 1.29 is 0 Å². The first kappa shape index (κ1) is 58.6. The molecule has 0 fully saturated rings. The monoisotopic (exact) mass is 965 g/mol. The van der Waals surface area contributed by atoms with Gasteiger partial charge in [0.1, 0.15) is 0 Å². The van der Waals surface area contributed by atoms with Crippen LogP contribution >= 0.6 is 9.24 Å². The van der Waals surface area contributed by atoms with Crippen LogP contribution < -0.4 is 10.2 Å². The molecule has 2 nitrogen and oxygen atoms in total. The molecule has 0 aromatic heterocycles. The van der Waals surface area contributed by atoms with Gasteiger partial charge in [-0.25, -0.2) is 0 Å². The van der Waals surface area contributed by atoms with E-state index in [1.54, 1.807) is 6.08 Å². The number of para-hydroxylation sites is 1. The Balaban J connectivity index is 0.000000342. The SMILES string of the molecule is C#C/C=C\C=C/c1ccccc1/C(P)=C(/C=C\CN(c1ccccc1)c1ccc(-c2ccc(C)cc2)cc1)NC.CC.CC.Cc1cccc(-c2ccccc2C)c1.Cc1ccccc1.Cc1ccccc1. The Morgan fingerprint density at radius 3 is 1.53 bits per heavy atom. The van der Waals surface area contributed by atoms with E-state index in [0.717, 1.165) is 40.1 Å². The van der Waals surface area contributed by atoms with Crippen LogP contribution in [0.4, 0.5) is 11.4 Å². The van der Waals surface area contributed by atoms with Crippen molar-refractivity contribution in [2.24, 2.45) is 0 Å². The molecule has 1 unspecified atom stereocenters. The van der Waals surface area contributed by atoms with E-state index >= 15 is 0 Å². The fraction of sp³-hybridized carbons (Fsp3) is 0.159. The van der Waals surface area contributed by atoms with Gasteiger partial charge in [0.2, 0.25) is 0 Å². The number of aryl methyl sites for hydroxylation is 5. The smallest absolute Gasteiger partial charge is 0.0415 e. The number of benzene rings is 8. The zero-order valence-corrected chi connectivity index (χ0v) is 45.6. The molecule has 1 atom stereocenters. The third-order valence-corrected chi connectivity index (χ3v) is 11.6. The molecule has 0 aliphatic rings. The van der Waals surface area contributed by atoms with Gasteiger partial charge in [-0.05, 0) is 110 Å². The van der Waals surface area contributed by atoms with E-state index in [9.17, 15) is 0 Å². The Bertz CT molecular complexity index is 2850. The second-order valence-corrected chi connectivity index (χ2v) is 16.9. The number of terminal acetylenes is 1. The van der Waals surface area contributed by atoms with Gasteiger partial charge < -0.3 is 10.2 Å². The van der Waals surface area contributed by atoms with Gasteiger partial charge in [0.05, 0.1) is 0 Å². The first-order valence-electron chi connectivity index (χ1n) is 25.0. The quantitative estimate of drug-likeness (QED) is 0.0789. The predicted octanol–water partition coefficient (Wildman–Crippen LogP) is 19.0. The molecule has 0 aliphatic carbocycles. The van der Waals surface area contributed by atoms with Gasteiger partial charge in [0.15, 0.2) is 0 Å². The Morgan fingerprint density at radius 2 is 1.00 bits per heavy atom. The maximum atomic E-state index is 5.32. The molecule has 1 N–H and O–H groups in total. The number of nitrogens with zero attached hydrogens (tertiary/aromatic N) is 1.